The van der Waals surface area contributed by atoms with Crippen LogP contribution >= 0.6 is 12.4 Å². The third-order valence-corrected chi connectivity index (χ3v) is 2.79. The number of nitrogens with zero attached hydrogens (tertiary/aromatic N) is 2. The summed E-state index contributed by atoms with van der Waals surface area (Å²) in [7, 11) is 0. The van der Waals surface area contributed by atoms with E-state index in [1.54, 1.807) is 30.7 Å². The molecule has 6 nitrogen and oxygen atoms in total. The highest BCUT2D eigenvalue weighted by Gasteiger charge is 2.01. The number of carboxylic acid groups (broad SMARTS) is 1. The predicted molar refractivity (Wildman–Crippen MR) is 84.9 cm³/mol. The van der Waals surface area contributed by atoms with Crippen molar-refractivity contribution in [3.8, 4) is 0 Å². The van der Waals surface area contributed by atoms with E-state index in [4.69, 9.17) is 5.11 Å². The van der Waals surface area contributed by atoms with Gasteiger partial charge in [-0.1, -0.05) is 12.1 Å². The Kier molecular flexibility index (Phi) is 6.85. The van der Waals surface area contributed by atoms with Crippen LogP contribution in [0, 0.1) is 0 Å². The monoisotopic (exact) mass is 321 g/mol. The summed E-state index contributed by atoms with van der Waals surface area (Å²) in [5.41, 5.74) is 0.859. The minimum absolute atomic E-state index is 0. The van der Waals surface area contributed by atoms with Crippen LogP contribution in [0.1, 0.15) is 15.9 Å². The molecule has 0 saturated heterocycles. The normalized spacial score (nSPS) is 10.2. The first-order chi connectivity index (χ1) is 10.1. The highest BCUT2D eigenvalue weighted by molar-refractivity contribution is 5.92. The summed E-state index contributed by atoms with van der Waals surface area (Å²) in [6, 6.07) is 6.39. The Morgan fingerprint density at radius 3 is 2.86 bits per heavy atom. The van der Waals surface area contributed by atoms with Crippen molar-refractivity contribution in [2.75, 3.05) is 6.54 Å². The summed E-state index contributed by atoms with van der Waals surface area (Å²) in [6.45, 7) is 1.14. The van der Waals surface area contributed by atoms with E-state index in [0.29, 0.717) is 18.7 Å². The van der Waals surface area contributed by atoms with E-state index >= 15 is 0 Å². The zero-order chi connectivity index (χ0) is 15.1. The number of nitrogens with one attached hydrogen (secondary N) is 1. The van der Waals surface area contributed by atoms with Crippen molar-refractivity contribution in [3.63, 3.8) is 0 Å². The molecule has 1 aromatic heterocycles. The quantitative estimate of drug-likeness (QED) is 0.795. The molecule has 116 valence electrons. The van der Waals surface area contributed by atoms with Crippen LogP contribution in [0.15, 0.2) is 49.1 Å². The topological polar surface area (TPSA) is 84.2 Å². The van der Waals surface area contributed by atoms with Crippen molar-refractivity contribution >= 4 is 30.4 Å². The molecule has 0 spiro atoms. The van der Waals surface area contributed by atoms with Gasteiger partial charge in [0.05, 0.1) is 11.9 Å². The van der Waals surface area contributed by atoms with E-state index in [1.807, 2.05) is 10.8 Å². The van der Waals surface area contributed by atoms with E-state index in [1.165, 1.54) is 18.2 Å². The Labute approximate surface area is 133 Å². The number of amides is 1. The minimum Gasteiger partial charge on any atom is -0.478 e. The van der Waals surface area contributed by atoms with Gasteiger partial charge in [0.15, 0.2) is 0 Å². The maximum absolute atomic E-state index is 11.6. The molecule has 0 fully saturated rings. The molecule has 2 aromatic rings. The molecular formula is C15H16ClN3O3. The molecule has 1 heterocycles. The zero-order valence-electron chi connectivity index (χ0n) is 11.7. The van der Waals surface area contributed by atoms with Crippen LogP contribution in [-0.4, -0.2) is 33.1 Å². The first-order valence-corrected chi connectivity index (χ1v) is 6.40. The van der Waals surface area contributed by atoms with E-state index in [2.05, 4.69) is 10.3 Å². The smallest absolute Gasteiger partial charge is 0.335 e. The number of imidazole rings is 1. The largest absolute Gasteiger partial charge is 0.478 e. The zero-order valence-corrected chi connectivity index (χ0v) is 12.5. The number of rotatable bonds is 6. The van der Waals surface area contributed by atoms with Crippen molar-refractivity contribution in [2.24, 2.45) is 0 Å². The molecule has 1 amide bonds. The lowest BCUT2D eigenvalue weighted by molar-refractivity contribution is -0.116. The second kappa shape index (κ2) is 8.63. The highest BCUT2D eigenvalue weighted by atomic mass is 35.5. The Hall–Kier alpha value is -2.60. The SMILES string of the molecule is Cl.O=C(C=Cc1cccc(C(=O)O)c1)NCCn1ccnc1. The van der Waals surface area contributed by atoms with Gasteiger partial charge in [0.25, 0.3) is 0 Å². The molecule has 0 aliphatic heterocycles. The van der Waals surface area contributed by atoms with Crippen LogP contribution < -0.4 is 5.32 Å². The summed E-state index contributed by atoms with van der Waals surface area (Å²) in [4.78, 5) is 26.4. The van der Waals surface area contributed by atoms with Crippen molar-refractivity contribution in [2.45, 2.75) is 6.54 Å². The molecule has 2 rings (SSSR count). The third kappa shape index (κ3) is 5.41. The maximum Gasteiger partial charge on any atom is 0.335 e. The molecule has 2 N–H and O–H groups in total. The first-order valence-electron chi connectivity index (χ1n) is 6.40. The van der Waals surface area contributed by atoms with Crippen LogP contribution in [0.3, 0.4) is 0 Å². The second-order valence-electron chi connectivity index (χ2n) is 4.36. The number of hydrogen-bond acceptors (Lipinski definition) is 3. The second-order valence-corrected chi connectivity index (χ2v) is 4.36. The van der Waals surface area contributed by atoms with Gasteiger partial charge in [-0.2, -0.15) is 0 Å². The molecule has 7 heteroatoms. The van der Waals surface area contributed by atoms with Crippen LogP contribution in [0.4, 0.5) is 0 Å². The maximum atomic E-state index is 11.6. The number of aromatic carboxylic acids is 1. The molecular weight excluding hydrogens is 306 g/mol. The van der Waals surface area contributed by atoms with Gasteiger partial charge in [0, 0.05) is 31.6 Å². The number of benzene rings is 1. The average Bonchev–Trinajstić information content (AvgIpc) is 2.99. The molecule has 0 aliphatic rings. The highest BCUT2D eigenvalue weighted by Crippen LogP contribution is 2.07. The molecule has 22 heavy (non-hydrogen) atoms. The molecule has 0 unspecified atom stereocenters. The van der Waals surface area contributed by atoms with Gasteiger partial charge in [-0.15, -0.1) is 12.4 Å². The van der Waals surface area contributed by atoms with Gasteiger partial charge in [-0.25, -0.2) is 9.78 Å². The lowest BCUT2D eigenvalue weighted by atomic mass is 10.1. The van der Waals surface area contributed by atoms with Crippen molar-refractivity contribution < 1.29 is 14.7 Å². The van der Waals surface area contributed by atoms with Crippen molar-refractivity contribution in [3.05, 3.63) is 60.2 Å². The molecule has 0 bridgehead atoms. The summed E-state index contributed by atoms with van der Waals surface area (Å²) in [6.07, 6.45) is 8.14. The summed E-state index contributed by atoms with van der Waals surface area (Å²) < 4.78 is 1.86. The number of hydrogen-bond donors (Lipinski definition) is 2. The van der Waals surface area contributed by atoms with Crippen LogP contribution in [0.5, 0.6) is 0 Å². The Morgan fingerprint density at radius 2 is 2.18 bits per heavy atom. The Morgan fingerprint density at radius 1 is 1.36 bits per heavy atom. The van der Waals surface area contributed by atoms with E-state index in [9.17, 15) is 9.59 Å². The number of aromatic nitrogens is 2. The average molecular weight is 322 g/mol. The summed E-state index contributed by atoms with van der Waals surface area (Å²) in [5.74, 6) is -1.22. The molecule has 0 radical (unpaired) electrons. The van der Waals surface area contributed by atoms with Gasteiger partial charge < -0.3 is 15.0 Å². The fraction of sp³-hybridized carbons (Fsp3) is 0.133. The molecule has 0 aliphatic carbocycles. The Balaban J connectivity index is 0.00000242. The molecule has 1 aromatic carbocycles. The minimum atomic E-state index is -0.991. The lowest BCUT2D eigenvalue weighted by Crippen LogP contribution is -2.25. The predicted octanol–water partition coefficient (Wildman–Crippen LogP) is 1.83. The van der Waals surface area contributed by atoms with Crippen molar-refractivity contribution in [1.29, 1.82) is 0 Å². The molecule has 0 saturated carbocycles. The van der Waals surface area contributed by atoms with Gasteiger partial charge in [0.2, 0.25) is 5.91 Å². The first kappa shape index (κ1) is 17.5. The summed E-state index contributed by atoms with van der Waals surface area (Å²) in [5, 5.41) is 11.6. The van der Waals surface area contributed by atoms with E-state index < -0.39 is 5.97 Å². The van der Waals surface area contributed by atoms with Crippen LogP contribution in [0.25, 0.3) is 6.08 Å². The fourth-order valence-electron chi connectivity index (χ4n) is 1.73. The number of carboxylic acids is 1. The van der Waals surface area contributed by atoms with E-state index in [-0.39, 0.29) is 23.9 Å². The van der Waals surface area contributed by atoms with Gasteiger partial charge in [0.1, 0.15) is 0 Å². The van der Waals surface area contributed by atoms with Gasteiger partial charge >= 0.3 is 5.97 Å². The standard InChI is InChI=1S/C15H15N3O3.ClH/c19-14(17-7-9-18-8-6-16-11-18)5-4-12-2-1-3-13(10-12)15(20)21;/h1-6,8,10-11H,7,9H2,(H,17,19)(H,20,21);1H. The number of carbonyl (C=O) groups is 2. The summed E-state index contributed by atoms with van der Waals surface area (Å²) >= 11 is 0. The van der Waals surface area contributed by atoms with Crippen LogP contribution in [-0.2, 0) is 11.3 Å². The Bertz CT molecular complexity index is 654. The van der Waals surface area contributed by atoms with Gasteiger partial charge in [-0.05, 0) is 23.8 Å². The number of halogens is 1. The van der Waals surface area contributed by atoms with Gasteiger partial charge in [-0.3, -0.25) is 4.79 Å². The molecule has 0 atom stereocenters. The third-order valence-electron chi connectivity index (χ3n) is 2.79. The van der Waals surface area contributed by atoms with Crippen molar-refractivity contribution in [1.82, 2.24) is 14.9 Å². The van der Waals surface area contributed by atoms with E-state index in [0.717, 1.165) is 0 Å². The number of carbonyl (C=O) groups excluding carboxylic acids is 1. The van der Waals surface area contributed by atoms with Crippen LogP contribution in [0.2, 0.25) is 0 Å². The lowest BCUT2D eigenvalue weighted by Gasteiger charge is -2.03. The fourth-order valence-corrected chi connectivity index (χ4v) is 1.73.